The molecule has 1 N–H and O–H groups in total. The van der Waals surface area contributed by atoms with E-state index in [9.17, 15) is 4.79 Å². The molecule has 0 bridgehead atoms. The van der Waals surface area contributed by atoms with E-state index in [1.807, 2.05) is 43.6 Å². The molecule has 0 saturated heterocycles. The van der Waals surface area contributed by atoms with Crippen molar-refractivity contribution in [3.05, 3.63) is 64.6 Å². The molecule has 3 aromatic rings. The molecule has 1 aromatic carbocycles. The molecule has 2 heterocycles. The number of aryl methyl sites for hydroxylation is 4. The first kappa shape index (κ1) is 14.3. The molecule has 0 radical (unpaired) electrons. The molecular formula is C18H19N3O. The number of anilines is 1. The van der Waals surface area contributed by atoms with Gasteiger partial charge in [-0.15, -0.1) is 0 Å². The van der Waals surface area contributed by atoms with Crippen molar-refractivity contribution >= 4 is 17.2 Å². The largest absolute Gasteiger partial charge is 0.322 e. The highest BCUT2D eigenvalue weighted by atomic mass is 16.1. The Balaban J connectivity index is 1.93. The summed E-state index contributed by atoms with van der Waals surface area (Å²) in [6.45, 7) is 8.01. The van der Waals surface area contributed by atoms with Crippen molar-refractivity contribution in [3.63, 3.8) is 0 Å². The van der Waals surface area contributed by atoms with Gasteiger partial charge in [0.15, 0.2) is 0 Å². The number of pyridine rings is 1. The lowest BCUT2D eigenvalue weighted by Crippen LogP contribution is -2.14. The van der Waals surface area contributed by atoms with Gasteiger partial charge in [0, 0.05) is 23.6 Å². The molecule has 0 spiro atoms. The molecule has 0 aliphatic rings. The Morgan fingerprint density at radius 2 is 1.77 bits per heavy atom. The number of carbonyl (C=O) groups is 1. The van der Waals surface area contributed by atoms with E-state index in [4.69, 9.17) is 0 Å². The fraction of sp³-hybridized carbons (Fsp3) is 0.222. The van der Waals surface area contributed by atoms with Crippen molar-refractivity contribution in [2.45, 2.75) is 27.7 Å². The summed E-state index contributed by atoms with van der Waals surface area (Å²) in [6, 6.07) is 7.76. The number of carbonyl (C=O) groups excluding carboxylic acids is 1. The van der Waals surface area contributed by atoms with Crippen LogP contribution in [0.3, 0.4) is 0 Å². The third-order valence-electron chi connectivity index (χ3n) is 3.76. The summed E-state index contributed by atoms with van der Waals surface area (Å²) in [5.74, 6) is -0.113. The molecule has 0 aliphatic heterocycles. The van der Waals surface area contributed by atoms with Crippen molar-refractivity contribution in [1.29, 1.82) is 0 Å². The van der Waals surface area contributed by atoms with Gasteiger partial charge in [-0.1, -0.05) is 17.7 Å². The van der Waals surface area contributed by atoms with Crippen molar-refractivity contribution in [3.8, 4) is 0 Å². The van der Waals surface area contributed by atoms with E-state index < -0.39 is 0 Å². The molecule has 0 saturated carbocycles. The van der Waals surface area contributed by atoms with E-state index in [-0.39, 0.29) is 5.91 Å². The number of benzene rings is 1. The zero-order chi connectivity index (χ0) is 15.9. The lowest BCUT2D eigenvalue weighted by atomic mass is 10.0. The lowest BCUT2D eigenvalue weighted by molar-refractivity contribution is 0.102. The van der Waals surface area contributed by atoms with Gasteiger partial charge >= 0.3 is 0 Å². The summed E-state index contributed by atoms with van der Waals surface area (Å²) in [5.41, 5.74) is 6.55. The van der Waals surface area contributed by atoms with Crippen LogP contribution in [0, 0.1) is 27.7 Å². The molecular weight excluding hydrogens is 274 g/mol. The third-order valence-corrected chi connectivity index (χ3v) is 3.76. The highest BCUT2D eigenvalue weighted by Gasteiger charge is 2.11. The van der Waals surface area contributed by atoms with Crippen LogP contribution in [0.25, 0.3) is 5.65 Å². The average Bonchev–Trinajstić information content (AvgIpc) is 2.81. The van der Waals surface area contributed by atoms with Crippen LogP contribution in [0.5, 0.6) is 0 Å². The molecule has 2 aromatic heterocycles. The van der Waals surface area contributed by atoms with Crippen LogP contribution in [0.15, 0.2) is 36.7 Å². The smallest absolute Gasteiger partial charge is 0.255 e. The Morgan fingerprint density at radius 3 is 2.45 bits per heavy atom. The number of amides is 1. The van der Waals surface area contributed by atoms with Crippen molar-refractivity contribution < 1.29 is 4.79 Å². The number of hydrogen-bond acceptors (Lipinski definition) is 2. The van der Waals surface area contributed by atoms with E-state index in [0.29, 0.717) is 5.56 Å². The second-order valence-corrected chi connectivity index (χ2v) is 5.79. The first-order valence-corrected chi connectivity index (χ1v) is 7.28. The molecule has 0 aliphatic carbocycles. The van der Waals surface area contributed by atoms with Crippen LogP contribution in [0.2, 0.25) is 0 Å². The van der Waals surface area contributed by atoms with Crippen molar-refractivity contribution in [2.75, 3.05) is 5.32 Å². The lowest BCUT2D eigenvalue weighted by Gasteiger charge is -2.13. The van der Waals surface area contributed by atoms with Crippen LogP contribution >= 0.6 is 0 Å². The maximum Gasteiger partial charge on any atom is 0.255 e. The number of rotatable bonds is 2. The molecule has 22 heavy (non-hydrogen) atoms. The van der Waals surface area contributed by atoms with Crippen molar-refractivity contribution in [2.24, 2.45) is 0 Å². The molecule has 4 nitrogen and oxygen atoms in total. The first-order chi connectivity index (χ1) is 10.4. The van der Waals surface area contributed by atoms with E-state index >= 15 is 0 Å². The normalized spacial score (nSPS) is 10.9. The van der Waals surface area contributed by atoms with Crippen LogP contribution in [-0.4, -0.2) is 15.3 Å². The van der Waals surface area contributed by atoms with E-state index in [1.165, 1.54) is 5.56 Å². The maximum atomic E-state index is 12.5. The summed E-state index contributed by atoms with van der Waals surface area (Å²) < 4.78 is 1.91. The standard InChI is InChI=1S/C18H19N3O/c1-11-7-12(2)17(13(3)8-11)20-18(22)15-5-6-21-10-14(4)19-16(21)9-15/h5-10H,1-4H3,(H,20,22). The SMILES string of the molecule is Cc1cc(C)c(NC(=O)c2ccn3cc(C)nc3c2)c(C)c1. The summed E-state index contributed by atoms with van der Waals surface area (Å²) in [4.78, 5) is 16.9. The van der Waals surface area contributed by atoms with E-state index in [2.05, 4.69) is 29.4 Å². The predicted molar refractivity (Wildman–Crippen MR) is 88.5 cm³/mol. The number of fused-ring (bicyclic) bond motifs is 1. The van der Waals surface area contributed by atoms with Gasteiger partial charge in [-0.3, -0.25) is 4.79 Å². The van der Waals surface area contributed by atoms with Crippen LogP contribution in [0.1, 0.15) is 32.7 Å². The second kappa shape index (κ2) is 5.30. The zero-order valence-electron chi connectivity index (χ0n) is 13.3. The quantitative estimate of drug-likeness (QED) is 0.780. The van der Waals surface area contributed by atoms with Gasteiger partial charge in [0.1, 0.15) is 5.65 Å². The third kappa shape index (κ3) is 2.60. The highest BCUT2D eigenvalue weighted by molar-refractivity contribution is 6.05. The van der Waals surface area contributed by atoms with Gasteiger partial charge < -0.3 is 9.72 Å². The van der Waals surface area contributed by atoms with Gasteiger partial charge in [0.05, 0.1) is 5.69 Å². The highest BCUT2D eigenvalue weighted by Crippen LogP contribution is 2.22. The minimum atomic E-state index is -0.113. The number of nitrogens with zero attached hydrogens (tertiary/aromatic N) is 2. The first-order valence-electron chi connectivity index (χ1n) is 7.28. The number of hydrogen-bond donors (Lipinski definition) is 1. The van der Waals surface area contributed by atoms with Gasteiger partial charge in [-0.05, 0) is 51.0 Å². The Labute approximate surface area is 129 Å². The Kier molecular flexibility index (Phi) is 3.45. The molecule has 4 heteroatoms. The Bertz CT molecular complexity index is 854. The Morgan fingerprint density at radius 1 is 1.09 bits per heavy atom. The summed E-state index contributed by atoms with van der Waals surface area (Å²) in [6.07, 6.45) is 3.80. The minimum Gasteiger partial charge on any atom is -0.322 e. The topological polar surface area (TPSA) is 46.4 Å². The fourth-order valence-electron chi connectivity index (χ4n) is 2.81. The zero-order valence-corrected chi connectivity index (χ0v) is 13.3. The van der Waals surface area contributed by atoms with Gasteiger partial charge in [0.2, 0.25) is 0 Å². The molecule has 112 valence electrons. The Hall–Kier alpha value is -2.62. The summed E-state index contributed by atoms with van der Waals surface area (Å²) in [5, 5.41) is 3.02. The van der Waals surface area contributed by atoms with E-state index in [1.54, 1.807) is 6.07 Å². The number of nitrogens with one attached hydrogen (secondary N) is 1. The van der Waals surface area contributed by atoms with Gasteiger partial charge in [-0.2, -0.15) is 0 Å². The maximum absolute atomic E-state index is 12.5. The average molecular weight is 293 g/mol. The minimum absolute atomic E-state index is 0.113. The fourth-order valence-corrected chi connectivity index (χ4v) is 2.81. The van der Waals surface area contributed by atoms with Crippen LogP contribution in [0.4, 0.5) is 5.69 Å². The monoisotopic (exact) mass is 293 g/mol. The van der Waals surface area contributed by atoms with E-state index in [0.717, 1.165) is 28.2 Å². The molecule has 0 unspecified atom stereocenters. The van der Waals surface area contributed by atoms with Crippen LogP contribution in [-0.2, 0) is 0 Å². The number of imidazole rings is 1. The summed E-state index contributed by atoms with van der Waals surface area (Å²) >= 11 is 0. The second-order valence-electron chi connectivity index (χ2n) is 5.79. The van der Waals surface area contributed by atoms with Crippen molar-refractivity contribution in [1.82, 2.24) is 9.38 Å². The molecule has 3 rings (SSSR count). The summed E-state index contributed by atoms with van der Waals surface area (Å²) in [7, 11) is 0. The van der Waals surface area contributed by atoms with Gasteiger partial charge in [-0.25, -0.2) is 4.98 Å². The predicted octanol–water partition coefficient (Wildman–Crippen LogP) is 3.82. The molecule has 1 amide bonds. The number of aromatic nitrogens is 2. The molecule has 0 atom stereocenters. The van der Waals surface area contributed by atoms with Crippen LogP contribution < -0.4 is 5.32 Å². The van der Waals surface area contributed by atoms with Gasteiger partial charge in [0.25, 0.3) is 5.91 Å². The molecule has 0 fully saturated rings.